The van der Waals surface area contributed by atoms with Crippen molar-refractivity contribution >= 4 is 15.8 Å². The zero-order valence-electron chi connectivity index (χ0n) is 11.0. The summed E-state index contributed by atoms with van der Waals surface area (Å²) in [5, 5.41) is 8.71. The topological polar surface area (TPSA) is 117 Å². The molecule has 1 aromatic heterocycles. The summed E-state index contributed by atoms with van der Waals surface area (Å²) < 4.78 is 24.3. The zero-order valence-corrected chi connectivity index (χ0v) is 11.8. The predicted octanol–water partition coefficient (Wildman–Crippen LogP) is 0.750. The van der Waals surface area contributed by atoms with Crippen LogP contribution in [0.4, 0.5) is 0 Å². The molecule has 21 heavy (non-hydrogen) atoms. The maximum atomic E-state index is 12.2. The summed E-state index contributed by atoms with van der Waals surface area (Å²) in [6.45, 7) is 1.83. The fourth-order valence-electron chi connectivity index (χ4n) is 1.67. The molecule has 1 aromatic carbocycles. The van der Waals surface area contributed by atoms with Crippen LogP contribution in [0.15, 0.2) is 40.2 Å². The fourth-order valence-corrected chi connectivity index (χ4v) is 2.89. The Hall–Kier alpha value is -2.48. The second kappa shape index (κ2) is 5.49. The Morgan fingerprint density at radius 1 is 1.29 bits per heavy atom. The minimum absolute atomic E-state index is 0.106. The summed E-state index contributed by atoms with van der Waals surface area (Å²) in [5.41, 5.74) is -0.496. The normalized spacial score (nSPS) is 11.3. The van der Waals surface area contributed by atoms with E-state index in [1.54, 1.807) is 12.1 Å². The number of hydrogen-bond acceptors (Lipinski definition) is 5. The summed E-state index contributed by atoms with van der Waals surface area (Å²) in [7, 11) is -3.66. The highest BCUT2D eigenvalue weighted by atomic mass is 32.2. The van der Waals surface area contributed by atoms with E-state index in [0.717, 1.165) is 11.8 Å². The van der Waals surface area contributed by atoms with E-state index >= 15 is 0 Å². The van der Waals surface area contributed by atoms with E-state index in [-0.39, 0.29) is 10.7 Å². The van der Waals surface area contributed by atoms with Crippen LogP contribution in [0.5, 0.6) is 0 Å². The van der Waals surface area contributed by atoms with Crippen LogP contribution in [0.2, 0.25) is 0 Å². The van der Waals surface area contributed by atoms with Gasteiger partial charge in [-0.15, -0.1) is 0 Å². The molecule has 2 N–H and O–H groups in total. The molecule has 0 aliphatic carbocycles. The third-order valence-electron chi connectivity index (χ3n) is 2.79. The van der Waals surface area contributed by atoms with Gasteiger partial charge in [0.2, 0.25) is 0 Å². The molecule has 0 bridgehead atoms. The van der Waals surface area contributed by atoms with Gasteiger partial charge in [0.05, 0.1) is 4.90 Å². The molecule has 0 aliphatic rings. The van der Waals surface area contributed by atoms with Crippen molar-refractivity contribution in [1.29, 1.82) is 0 Å². The number of sulfone groups is 1. The van der Waals surface area contributed by atoms with Gasteiger partial charge in [0.15, 0.2) is 9.84 Å². The van der Waals surface area contributed by atoms with E-state index in [9.17, 15) is 18.0 Å². The average Bonchev–Trinajstić information content (AvgIpc) is 2.38. The Kier molecular flexibility index (Phi) is 3.90. The van der Waals surface area contributed by atoms with E-state index in [1.165, 1.54) is 12.1 Å². The molecule has 2 aromatic rings. The van der Waals surface area contributed by atoms with Gasteiger partial charge in [-0.3, -0.25) is 4.79 Å². The van der Waals surface area contributed by atoms with E-state index in [4.69, 9.17) is 5.11 Å². The Balaban J connectivity index is 2.33. The van der Waals surface area contributed by atoms with Crippen molar-refractivity contribution in [1.82, 2.24) is 9.97 Å². The summed E-state index contributed by atoms with van der Waals surface area (Å²) >= 11 is 0. The third kappa shape index (κ3) is 3.34. The lowest BCUT2D eigenvalue weighted by atomic mass is 10.2. The molecule has 0 saturated heterocycles. The first-order chi connectivity index (χ1) is 9.79. The van der Waals surface area contributed by atoms with Crippen molar-refractivity contribution in [3.8, 4) is 0 Å². The van der Waals surface area contributed by atoms with Gasteiger partial charge in [-0.1, -0.05) is 17.7 Å². The highest BCUT2D eigenvalue weighted by molar-refractivity contribution is 7.90. The van der Waals surface area contributed by atoms with Crippen LogP contribution in [0, 0.1) is 6.92 Å². The SMILES string of the molecule is Cc1ccc(S(=O)(=O)Cc2ncc(C(=O)O)c(=O)[nH]2)cc1. The number of nitrogens with zero attached hydrogens (tertiary/aromatic N) is 1. The number of aromatic nitrogens is 2. The second-order valence-electron chi connectivity index (χ2n) is 4.45. The highest BCUT2D eigenvalue weighted by Crippen LogP contribution is 2.14. The first-order valence-electron chi connectivity index (χ1n) is 5.90. The molecule has 110 valence electrons. The molecule has 0 radical (unpaired) electrons. The van der Waals surface area contributed by atoms with Gasteiger partial charge in [0.1, 0.15) is 17.1 Å². The lowest BCUT2D eigenvalue weighted by molar-refractivity contribution is 0.0694. The van der Waals surface area contributed by atoms with Gasteiger partial charge in [0.25, 0.3) is 5.56 Å². The van der Waals surface area contributed by atoms with E-state index in [1.807, 2.05) is 6.92 Å². The van der Waals surface area contributed by atoms with Gasteiger partial charge < -0.3 is 10.1 Å². The van der Waals surface area contributed by atoms with E-state index < -0.39 is 32.7 Å². The molecule has 0 spiro atoms. The number of hydrogen-bond donors (Lipinski definition) is 2. The van der Waals surface area contributed by atoms with E-state index in [0.29, 0.717) is 0 Å². The molecular weight excluding hydrogens is 296 g/mol. The molecule has 1 heterocycles. The number of nitrogens with one attached hydrogen (secondary N) is 1. The molecule has 2 rings (SSSR count). The zero-order chi connectivity index (χ0) is 15.6. The summed E-state index contributed by atoms with van der Waals surface area (Å²) in [5.74, 6) is -2.03. The third-order valence-corrected chi connectivity index (χ3v) is 4.43. The largest absolute Gasteiger partial charge is 0.477 e. The minimum atomic E-state index is -3.66. The van der Waals surface area contributed by atoms with Crippen molar-refractivity contribution in [2.45, 2.75) is 17.6 Å². The smallest absolute Gasteiger partial charge is 0.342 e. The molecule has 0 atom stereocenters. The molecular formula is C13H12N2O5S. The van der Waals surface area contributed by atoms with Crippen LogP contribution >= 0.6 is 0 Å². The lowest BCUT2D eigenvalue weighted by Crippen LogP contribution is -2.21. The Bertz CT molecular complexity index is 838. The van der Waals surface area contributed by atoms with Crippen LogP contribution in [0.25, 0.3) is 0 Å². The number of carboxylic acids is 1. The first kappa shape index (κ1) is 14.9. The number of aromatic amines is 1. The molecule has 0 amide bonds. The van der Waals surface area contributed by atoms with Crippen LogP contribution in [0.3, 0.4) is 0 Å². The Morgan fingerprint density at radius 3 is 2.43 bits per heavy atom. The number of aryl methyl sites for hydroxylation is 1. The van der Waals surface area contributed by atoms with Crippen molar-refractivity contribution in [3.63, 3.8) is 0 Å². The maximum absolute atomic E-state index is 12.2. The number of carbonyl (C=O) groups is 1. The molecule has 0 saturated carbocycles. The predicted molar refractivity (Wildman–Crippen MR) is 73.9 cm³/mol. The van der Waals surface area contributed by atoms with Gasteiger partial charge in [-0.05, 0) is 19.1 Å². The lowest BCUT2D eigenvalue weighted by Gasteiger charge is -2.04. The molecule has 0 aliphatic heterocycles. The average molecular weight is 308 g/mol. The summed E-state index contributed by atoms with van der Waals surface area (Å²) in [4.78, 5) is 28.1. The fraction of sp³-hybridized carbons (Fsp3) is 0.154. The Labute approximate surface area is 120 Å². The monoisotopic (exact) mass is 308 g/mol. The molecule has 8 heteroatoms. The number of carboxylic acid groups (broad SMARTS) is 1. The minimum Gasteiger partial charge on any atom is -0.477 e. The van der Waals surface area contributed by atoms with Crippen molar-refractivity contribution in [3.05, 3.63) is 57.8 Å². The molecule has 7 nitrogen and oxygen atoms in total. The first-order valence-corrected chi connectivity index (χ1v) is 7.56. The molecule has 0 fully saturated rings. The van der Waals surface area contributed by atoms with Gasteiger partial charge >= 0.3 is 5.97 Å². The van der Waals surface area contributed by atoms with Gasteiger partial charge in [-0.2, -0.15) is 0 Å². The molecule has 0 unspecified atom stereocenters. The van der Waals surface area contributed by atoms with Gasteiger partial charge in [0, 0.05) is 6.20 Å². The van der Waals surface area contributed by atoms with Crippen LogP contribution < -0.4 is 5.56 Å². The van der Waals surface area contributed by atoms with Crippen LogP contribution in [-0.4, -0.2) is 29.5 Å². The maximum Gasteiger partial charge on any atom is 0.342 e. The number of benzene rings is 1. The van der Waals surface area contributed by atoms with E-state index in [2.05, 4.69) is 9.97 Å². The standard InChI is InChI=1S/C13H12N2O5S/c1-8-2-4-9(5-3-8)21(19,20)7-11-14-6-10(13(17)18)12(16)15-11/h2-6H,7H2,1H3,(H,17,18)(H,14,15,16). The van der Waals surface area contributed by atoms with Crippen molar-refractivity contribution < 1.29 is 18.3 Å². The second-order valence-corrected chi connectivity index (χ2v) is 6.44. The van der Waals surface area contributed by atoms with Crippen molar-refractivity contribution in [2.75, 3.05) is 0 Å². The number of H-pyrrole nitrogens is 1. The Morgan fingerprint density at radius 2 is 1.90 bits per heavy atom. The van der Waals surface area contributed by atoms with Crippen molar-refractivity contribution in [2.24, 2.45) is 0 Å². The quantitative estimate of drug-likeness (QED) is 0.860. The van der Waals surface area contributed by atoms with Gasteiger partial charge in [-0.25, -0.2) is 18.2 Å². The summed E-state index contributed by atoms with van der Waals surface area (Å²) in [6, 6.07) is 6.26. The number of aromatic carboxylic acids is 1. The number of rotatable bonds is 4. The van der Waals surface area contributed by atoms with Crippen LogP contribution in [0.1, 0.15) is 21.7 Å². The van der Waals surface area contributed by atoms with Crippen LogP contribution in [-0.2, 0) is 15.6 Å². The summed E-state index contributed by atoms with van der Waals surface area (Å²) in [6.07, 6.45) is 0.848. The highest BCUT2D eigenvalue weighted by Gasteiger charge is 2.18.